The maximum atomic E-state index is 12.0. The van der Waals surface area contributed by atoms with E-state index in [-0.39, 0.29) is 46.2 Å². The average molecular weight is 625 g/mol. The van der Waals surface area contributed by atoms with Crippen molar-refractivity contribution in [3.05, 3.63) is 0 Å². The molecular formula is C35H60O9. The fourth-order valence-corrected chi connectivity index (χ4v) is 12.7. The van der Waals surface area contributed by atoms with Crippen molar-refractivity contribution in [3.63, 3.8) is 0 Å². The fraction of sp³-hybridized carbons (Fsp3) is 1.00. The van der Waals surface area contributed by atoms with Crippen LogP contribution in [0, 0.1) is 50.7 Å². The van der Waals surface area contributed by atoms with E-state index >= 15 is 0 Å². The third-order valence-corrected chi connectivity index (χ3v) is 15.3. The molecule has 6 rings (SSSR count). The van der Waals surface area contributed by atoms with E-state index in [1.54, 1.807) is 13.8 Å². The second-order valence-electron chi connectivity index (χ2n) is 17.8. The molecule has 5 saturated carbocycles. The number of ether oxygens (including phenoxy) is 2. The minimum Gasteiger partial charge on any atom is -0.390 e. The Hall–Kier alpha value is -0.360. The van der Waals surface area contributed by atoms with Crippen molar-refractivity contribution in [2.45, 2.75) is 161 Å². The third-order valence-electron chi connectivity index (χ3n) is 15.3. The first-order chi connectivity index (χ1) is 20.3. The van der Waals surface area contributed by atoms with Crippen LogP contribution in [-0.2, 0) is 9.47 Å². The Labute approximate surface area is 263 Å². The molecule has 6 fully saturated rings. The van der Waals surface area contributed by atoms with Gasteiger partial charge in [-0.3, -0.25) is 0 Å². The molecule has 6 aliphatic rings. The van der Waals surface area contributed by atoms with Gasteiger partial charge >= 0.3 is 0 Å². The molecule has 1 heterocycles. The topological polar surface area (TPSA) is 160 Å². The van der Waals surface area contributed by atoms with Crippen molar-refractivity contribution in [1.82, 2.24) is 0 Å². The Balaban J connectivity index is 1.22. The highest BCUT2D eigenvalue weighted by atomic mass is 16.7. The van der Waals surface area contributed by atoms with Gasteiger partial charge in [-0.05, 0) is 117 Å². The summed E-state index contributed by atoms with van der Waals surface area (Å²) < 4.78 is 12.0. The van der Waals surface area contributed by atoms with Crippen LogP contribution in [0.1, 0.15) is 106 Å². The maximum Gasteiger partial charge on any atom is 0.186 e. The Morgan fingerprint density at radius 1 is 0.841 bits per heavy atom. The highest BCUT2D eigenvalue weighted by Crippen LogP contribution is 2.89. The average Bonchev–Trinajstić information content (AvgIpc) is 3.58. The lowest BCUT2D eigenvalue weighted by molar-refractivity contribution is -0.303. The van der Waals surface area contributed by atoms with E-state index in [4.69, 9.17) is 9.47 Å². The maximum absolute atomic E-state index is 12.0. The summed E-state index contributed by atoms with van der Waals surface area (Å²) in [6.45, 7) is 14.5. The molecule has 0 amide bonds. The highest BCUT2D eigenvalue weighted by molar-refractivity contribution is 5.32. The molecule has 5 aliphatic carbocycles. The molecule has 9 nitrogen and oxygen atoms in total. The first-order valence-corrected chi connectivity index (χ1v) is 17.4. The summed E-state index contributed by atoms with van der Waals surface area (Å²) in [6.07, 6.45) is 0.854. The Morgan fingerprint density at radius 3 is 2.14 bits per heavy atom. The summed E-state index contributed by atoms with van der Waals surface area (Å²) in [5.74, 6) is 0.723. The van der Waals surface area contributed by atoms with Gasteiger partial charge in [0.2, 0.25) is 0 Å². The molecule has 254 valence electrons. The summed E-state index contributed by atoms with van der Waals surface area (Å²) in [4.78, 5) is 0. The van der Waals surface area contributed by atoms with E-state index in [1.165, 1.54) is 0 Å². The molecule has 2 spiro atoms. The van der Waals surface area contributed by atoms with Gasteiger partial charge in [0, 0.05) is 5.41 Å². The first-order valence-electron chi connectivity index (χ1n) is 17.4. The molecule has 16 atom stereocenters. The van der Waals surface area contributed by atoms with Crippen molar-refractivity contribution >= 4 is 0 Å². The van der Waals surface area contributed by atoms with Gasteiger partial charge in [-0.25, -0.2) is 0 Å². The van der Waals surface area contributed by atoms with Gasteiger partial charge in [0.15, 0.2) is 6.29 Å². The predicted molar refractivity (Wildman–Crippen MR) is 163 cm³/mol. The predicted octanol–water partition coefficient (Wildman–Crippen LogP) is 2.74. The van der Waals surface area contributed by atoms with E-state index in [2.05, 4.69) is 34.6 Å². The van der Waals surface area contributed by atoms with Gasteiger partial charge in [0.25, 0.3) is 0 Å². The number of fused-ring (bicyclic) bond motifs is 2. The molecule has 0 bridgehead atoms. The SMILES string of the molecule is C[C@H](CCC(O)C(C)(C)O)[C@H]1[C@@H](O)[C@H](O)[C@@]2(C)[C@@H]3CC[C@H]4C(C)(C)[C@@H](O[C@@H]5OC[C@@H](O)[C@H](O)[C@H]5O)CC[C@@]45C[C@@]35CC[C@]12C. The number of rotatable bonds is 7. The van der Waals surface area contributed by atoms with Crippen LogP contribution in [0.2, 0.25) is 0 Å². The highest BCUT2D eigenvalue weighted by Gasteiger charge is 2.84. The van der Waals surface area contributed by atoms with Crippen LogP contribution in [0.15, 0.2) is 0 Å². The van der Waals surface area contributed by atoms with Gasteiger partial charge in [-0.2, -0.15) is 0 Å². The van der Waals surface area contributed by atoms with Gasteiger partial charge in [0.1, 0.15) is 18.3 Å². The number of aliphatic hydroxyl groups excluding tert-OH is 6. The first kappa shape index (κ1) is 33.5. The molecule has 9 heteroatoms. The molecule has 0 aromatic heterocycles. The molecule has 1 unspecified atom stereocenters. The lowest BCUT2D eigenvalue weighted by Gasteiger charge is -2.64. The Morgan fingerprint density at radius 2 is 1.48 bits per heavy atom. The van der Waals surface area contributed by atoms with Crippen LogP contribution >= 0.6 is 0 Å². The van der Waals surface area contributed by atoms with Crippen molar-refractivity contribution in [3.8, 4) is 0 Å². The molecule has 0 radical (unpaired) electrons. The monoisotopic (exact) mass is 624 g/mol. The van der Waals surface area contributed by atoms with Gasteiger partial charge in [0.05, 0.1) is 36.6 Å². The smallest absolute Gasteiger partial charge is 0.186 e. The molecule has 1 saturated heterocycles. The third kappa shape index (κ3) is 4.36. The number of aliphatic hydroxyl groups is 7. The standard InChI is InChI=1S/C35H60O9/c1-18(8-11-22(37)31(4,5)42)24-26(39)28(41)33(7)21-10-9-20-30(2,3)23(44-29-27(40)25(38)19(36)16-43-29)12-13-34(20)17-35(21,34)15-14-32(24,33)6/h18-29,36-42H,8-17H2,1-7H3/t18-,19-,20+,21+,22?,23+,24+,25+,26-,27-,28+,29+,32-,33-,34-,35+/m1/s1. The van der Waals surface area contributed by atoms with Crippen LogP contribution in [0.3, 0.4) is 0 Å². The molecule has 1 aliphatic heterocycles. The van der Waals surface area contributed by atoms with Gasteiger partial charge < -0.3 is 45.2 Å². The Bertz CT molecular complexity index is 1090. The molecular weight excluding hydrogens is 564 g/mol. The van der Waals surface area contributed by atoms with E-state index in [0.717, 1.165) is 44.9 Å². The normalized spacial score (nSPS) is 54.4. The minimum absolute atomic E-state index is 0.0701. The van der Waals surface area contributed by atoms with Crippen LogP contribution in [0.4, 0.5) is 0 Å². The van der Waals surface area contributed by atoms with Crippen LogP contribution in [-0.4, -0.2) is 97.0 Å². The van der Waals surface area contributed by atoms with Crippen molar-refractivity contribution in [1.29, 1.82) is 0 Å². The number of hydrogen-bond donors (Lipinski definition) is 7. The van der Waals surface area contributed by atoms with Crippen LogP contribution < -0.4 is 0 Å². The second-order valence-corrected chi connectivity index (χ2v) is 17.8. The van der Waals surface area contributed by atoms with E-state index < -0.39 is 53.9 Å². The fourth-order valence-electron chi connectivity index (χ4n) is 12.7. The van der Waals surface area contributed by atoms with Crippen molar-refractivity contribution < 1.29 is 45.2 Å². The van der Waals surface area contributed by atoms with E-state index in [0.29, 0.717) is 24.7 Å². The summed E-state index contributed by atoms with van der Waals surface area (Å²) in [5.41, 5.74) is -1.74. The summed E-state index contributed by atoms with van der Waals surface area (Å²) >= 11 is 0. The number of hydrogen-bond acceptors (Lipinski definition) is 9. The Kier molecular flexibility index (Phi) is 8.06. The largest absolute Gasteiger partial charge is 0.390 e. The quantitative estimate of drug-likeness (QED) is 0.211. The van der Waals surface area contributed by atoms with E-state index in [1.807, 2.05) is 0 Å². The molecule has 0 aromatic carbocycles. The van der Waals surface area contributed by atoms with Crippen molar-refractivity contribution in [2.75, 3.05) is 6.61 Å². The van der Waals surface area contributed by atoms with Crippen LogP contribution in [0.5, 0.6) is 0 Å². The van der Waals surface area contributed by atoms with E-state index in [9.17, 15) is 35.7 Å². The summed E-state index contributed by atoms with van der Waals surface area (Å²) in [6, 6.07) is 0. The van der Waals surface area contributed by atoms with Gasteiger partial charge in [-0.1, -0.05) is 34.6 Å². The minimum atomic E-state index is -1.30. The lowest BCUT2D eigenvalue weighted by Crippen LogP contribution is -2.61. The molecule has 7 N–H and O–H groups in total. The zero-order valence-corrected chi connectivity index (χ0v) is 27.9. The zero-order chi connectivity index (χ0) is 32.4. The van der Waals surface area contributed by atoms with Gasteiger partial charge in [-0.15, -0.1) is 0 Å². The summed E-state index contributed by atoms with van der Waals surface area (Å²) in [7, 11) is 0. The van der Waals surface area contributed by atoms with Crippen molar-refractivity contribution in [2.24, 2.45) is 50.7 Å². The molecule has 44 heavy (non-hydrogen) atoms. The van der Waals surface area contributed by atoms with Crippen LogP contribution in [0.25, 0.3) is 0 Å². The second kappa shape index (κ2) is 10.6. The lowest BCUT2D eigenvalue weighted by atomic mass is 9.41. The zero-order valence-electron chi connectivity index (χ0n) is 27.9. The summed E-state index contributed by atoms with van der Waals surface area (Å²) in [5, 5.41) is 75.2. The molecule has 0 aromatic rings.